The minimum absolute atomic E-state index is 0.151. The number of rotatable bonds is 6. The number of non-ortho nitro benzene ring substituents is 1. The van der Waals surface area contributed by atoms with Crippen LogP contribution < -0.4 is 5.32 Å². The first kappa shape index (κ1) is 15.7. The standard InChI is InChI=1S/C15H23N3O3/c1-2-6-16-15-5-4-14(18(19)20)11-13(15)12-17-7-3-9-21-10-8-17/h4-5,11,16H,2-3,6-10,12H2,1H3. The van der Waals surface area contributed by atoms with Crippen LogP contribution in [0.2, 0.25) is 0 Å². The highest BCUT2D eigenvalue weighted by atomic mass is 16.6. The van der Waals surface area contributed by atoms with Gasteiger partial charge in [0.1, 0.15) is 0 Å². The van der Waals surface area contributed by atoms with E-state index in [0.717, 1.165) is 63.5 Å². The van der Waals surface area contributed by atoms with Crippen molar-refractivity contribution in [2.24, 2.45) is 0 Å². The van der Waals surface area contributed by atoms with Gasteiger partial charge >= 0.3 is 0 Å². The summed E-state index contributed by atoms with van der Waals surface area (Å²) >= 11 is 0. The molecule has 2 rings (SSSR count). The molecule has 1 fully saturated rings. The van der Waals surface area contributed by atoms with Crippen molar-refractivity contribution in [1.82, 2.24) is 4.90 Å². The minimum Gasteiger partial charge on any atom is -0.385 e. The highest BCUT2D eigenvalue weighted by Crippen LogP contribution is 2.24. The van der Waals surface area contributed by atoms with Crippen LogP contribution >= 0.6 is 0 Å². The van der Waals surface area contributed by atoms with Gasteiger partial charge in [-0.1, -0.05) is 6.92 Å². The molecule has 1 heterocycles. The molecule has 0 saturated carbocycles. The zero-order valence-corrected chi connectivity index (χ0v) is 12.5. The maximum atomic E-state index is 11.0. The van der Waals surface area contributed by atoms with Crippen LogP contribution in [0, 0.1) is 10.1 Å². The van der Waals surface area contributed by atoms with Gasteiger partial charge in [-0.25, -0.2) is 0 Å². The topological polar surface area (TPSA) is 67.6 Å². The van der Waals surface area contributed by atoms with Crippen molar-refractivity contribution in [2.45, 2.75) is 26.3 Å². The van der Waals surface area contributed by atoms with E-state index in [1.807, 2.05) is 6.07 Å². The molecular weight excluding hydrogens is 270 g/mol. The number of nitro groups is 1. The largest absolute Gasteiger partial charge is 0.385 e. The van der Waals surface area contributed by atoms with Gasteiger partial charge in [-0.15, -0.1) is 0 Å². The van der Waals surface area contributed by atoms with E-state index in [2.05, 4.69) is 17.1 Å². The summed E-state index contributed by atoms with van der Waals surface area (Å²) in [5.74, 6) is 0. The molecule has 1 aromatic rings. The van der Waals surface area contributed by atoms with Crippen LogP contribution in [0.1, 0.15) is 25.3 Å². The smallest absolute Gasteiger partial charge is 0.269 e. The molecule has 0 unspecified atom stereocenters. The number of ether oxygens (including phenoxy) is 1. The Labute approximate surface area is 125 Å². The zero-order chi connectivity index (χ0) is 15.1. The first-order valence-electron chi connectivity index (χ1n) is 7.52. The number of nitrogens with one attached hydrogen (secondary N) is 1. The number of hydrogen-bond donors (Lipinski definition) is 1. The quantitative estimate of drug-likeness (QED) is 0.645. The number of anilines is 1. The first-order chi connectivity index (χ1) is 10.2. The second-order valence-electron chi connectivity index (χ2n) is 5.27. The molecule has 0 aromatic heterocycles. The molecule has 0 atom stereocenters. The molecule has 116 valence electrons. The average molecular weight is 293 g/mol. The van der Waals surface area contributed by atoms with Gasteiger partial charge in [-0.05, 0) is 24.5 Å². The van der Waals surface area contributed by atoms with Crippen LogP contribution in [0.3, 0.4) is 0 Å². The number of nitrogens with zero attached hydrogens (tertiary/aromatic N) is 2. The van der Waals surface area contributed by atoms with Gasteiger partial charge in [-0.2, -0.15) is 0 Å². The third kappa shape index (κ3) is 4.68. The maximum absolute atomic E-state index is 11.0. The van der Waals surface area contributed by atoms with Gasteiger partial charge in [0.2, 0.25) is 0 Å². The van der Waals surface area contributed by atoms with Crippen LogP contribution in [-0.4, -0.2) is 42.7 Å². The van der Waals surface area contributed by atoms with E-state index < -0.39 is 0 Å². The Kier molecular flexibility index (Phi) is 5.95. The molecule has 1 aromatic carbocycles. The van der Waals surface area contributed by atoms with E-state index in [1.54, 1.807) is 12.1 Å². The number of benzene rings is 1. The molecule has 0 bridgehead atoms. The lowest BCUT2D eigenvalue weighted by Gasteiger charge is -2.21. The molecular formula is C15H23N3O3. The SMILES string of the molecule is CCCNc1ccc([N+](=O)[O-])cc1CN1CCCOCC1. The summed E-state index contributed by atoms with van der Waals surface area (Å²) in [6.07, 6.45) is 2.03. The van der Waals surface area contributed by atoms with E-state index in [1.165, 1.54) is 0 Å². The van der Waals surface area contributed by atoms with Crippen LogP contribution in [-0.2, 0) is 11.3 Å². The van der Waals surface area contributed by atoms with Gasteiger partial charge < -0.3 is 10.1 Å². The van der Waals surface area contributed by atoms with Crippen LogP contribution in [0.25, 0.3) is 0 Å². The molecule has 0 spiro atoms. The van der Waals surface area contributed by atoms with Gasteiger partial charge in [0.25, 0.3) is 5.69 Å². The second kappa shape index (κ2) is 7.95. The highest BCUT2D eigenvalue weighted by molar-refractivity contribution is 5.56. The first-order valence-corrected chi connectivity index (χ1v) is 7.52. The summed E-state index contributed by atoms with van der Waals surface area (Å²) in [5.41, 5.74) is 2.13. The van der Waals surface area contributed by atoms with Crippen molar-refractivity contribution >= 4 is 11.4 Å². The molecule has 6 nitrogen and oxygen atoms in total. The summed E-state index contributed by atoms with van der Waals surface area (Å²) < 4.78 is 5.45. The highest BCUT2D eigenvalue weighted by Gasteiger charge is 2.15. The third-order valence-electron chi connectivity index (χ3n) is 3.57. The van der Waals surface area contributed by atoms with E-state index in [4.69, 9.17) is 4.74 Å². The Morgan fingerprint density at radius 1 is 1.38 bits per heavy atom. The Morgan fingerprint density at radius 3 is 3.00 bits per heavy atom. The molecule has 0 amide bonds. The van der Waals surface area contributed by atoms with Gasteiger partial charge in [-0.3, -0.25) is 15.0 Å². The third-order valence-corrected chi connectivity index (χ3v) is 3.57. The van der Waals surface area contributed by atoms with Gasteiger partial charge in [0, 0.05) is 50.6 Å². The molecule has 6 heteroatoms. The van der Waals surface area contributed by atoms with Crippen molar-refractivity contribution in [3.8, 4) is 0 Å². The van der Waals surface area contributed by atoms with Crippen molar-refractivity contribution in [1.29, 1.82) is 0 Å². The van der Waals surface area contributed by atoms with Crippen LogP contribution in [0.5, 0.6) is 0 Å². The molecule has 0 aliphatic carbocycles. The minimum atomic E-state index is -0.335. The summed E-state index contributed by atoms with van der Waals surface area (Å²) in [6, 6.07) is 5.06. The Balaban J connectivity index is 2.15. The Hall–Kier alpha value is -1.66. The molecule has 21 heavy (non-hydrogen) atoms. The molecule has 1 N–H and O–H groups in total. The monoisotopic (exact) mass is 293 g/mol. The van der Waals surface area contributed by atoms with Crippen molar-refractivity contribution in [2.75, 3.05) is 38.2 Å². The zero-order valence-electron chi connectivity index (χ0n) is 12.5. The predicted octanol–water partition coefficient (Wildman–Crippen LogP) is 2.64. The summed E-state index contributed by atoms with van der Waals surface area (Å²) in [6.45, 7) is 7.06. The summed E-state index contributed by atoms with van der Waals surface area (Å²) in [5, 5.41) is 14.3. The average Bonchev–Trinajstić information content (AvgIpc) is 2.74. The van der Waals surface area contributed by atoms with Crippen LogP contribution in [0.4, 0.5) is 11.4 Å². The van der Waals surface area contributed by atoms with E-state index >= 15 is 0 Å². The normalized spacial score (nSPS) is 16.4. The second-order valence-corrected chi connectivity index (χ2v) is 5.27. The predicted molar refractivity (Wildman–Crippen MR) is 82.6 cm³/mol. The lowest BCUT2D eigenvalue weighted by molar-refractivity contribution is -0.384. The molecule has 0 radical (unpaired) electrons. The van der Waals surface area contributed by atoms with Crippen molar-refractivity contribution < 1.29 is 9.66 Å². The Morgan fingerprint density at radius 2 is 2.24 bits per heavy atom. The van der Waals surface area contributed by atoms with Crippen molar-refractivity contribution in [3.63, 3.8) is 0 Å². The van der Waals surface area contributed by atoms with E-state index in [-0.39, 0.29) is 10.6 Å². The lowest BCUT2D eigenvalue weighted by Crippen LogP contribution is -2.26. The number of hydrogen-bond acceptors (Lipinski definition) is 5. The fourth-order valence-corrected chi connectivity index (χ4v) is 2.45. The number of nitro benzene ring substituents is 1. The van der Waals surface area contributed by atoms with E-state index in [9.17, 15) is 10.1 Å². The maximum Gasteiger partial charge on any atom is 0.269 e. The van der Waals surface area contributed by atoms with Gasteiger partial charge in [0.05, 0.1) is 11.5 Å². The summed E-state index contributed by atoms with van der Waals surface area (Å²) in [4.78, 5) is 12.9. The molecule has 1 saturated heterocycles. The Bertz CT molecular complexity index is 471. The van der Waals surface area contributed by atoms with E-state index in [0.29, 0.717) is 0 Å². The molecule has 1 aliphatic heterocycles. The van der Waals surface area contributed by atoms with Crippen LogP contribution in [0.15, 0.2) is 18.2 Å². The summed E-state index contributed by atoms with van der Waals surface area (Å²) in [7, 11) is 0. The molecule has 1 aliphatic rings. The fraction of sp³-hybridized carbons (Fsp3) is 0.600. The fourth-order valence-electron chi connectivity index (χ4n) is 2.45. The van der Waals surface area contributed by atoms with Crippen molar-refractivity contribution in [3.05, 3.63) is 33.9 Å². The lowest BCUT2D eigenvalue weighted by atomic mass is 10.1. The van der Waals surface area contributed by atoms with Gasteiger partial charge in [0.15, 0.2) is 0 Å².